The second-order valence-corrected chi connectivity index (χ2v) is 4.61. The van der Waals surface area contributed by atoms with Crippen LogP contribution in [-0.4, -0.2) is 37.6 Å². The van der Waals surface area contributed by atoms with Gasteiger partial charge in [-0.05, 0) is 39.3 Å². The van der Waals surface area contributed by atoms with Gasteiger partial charge in [0.15, 0.2) is 0 Å². The van der Waals surface area contributed by atoms with Gasteiger partial charge < -0.3 is 16.0 Å². The maximum atomic E-state index is 11.5. The van der Waals surface area contributed by atoms with Gasteiger partial charge in [-0.1, -0.05) is 6.92 Å². The Morgan fingerprint density at radius 2 is 2.12 bits per heavy atom. The second kappa shape index (κ2) is 7.63. The number of carbonyl (C=O) groups is 1. The zero-order valence-corrected chi connectivity index (χ0v) is 10.5. The molecule has 1 fully saturated rings. The van der Waals surface area contributed by atoms with Crippen molar-refractivity contribution in [3.05, 3.63) is 0 Å². The Morgan fingerprint density at radius 1 is 1.44 bits per heavy atom. The van der Waals surface area contributed by atoms with Crippen molar-refractivity contribution in [1.82, 2.24) is 16.0 Å². The molecule has 1 rings (SSSR count). The molecule has 1 atom stereocenters. The Balaban J connectivity index is 2.03. The van der Waals surface area contributed by atoms with Gasteiger partial charge in [-0.25, -0.2) is 0 Å². The summed E-state index contributed by atoms with van der Waals surface area (Å²) in [6.07, 6.45) is 3.93. The lowest BCUT2D eigenvalue weighted by Crippen LogP contribution is -2.41. The summed E-state index contributed by atoms with van der Waals surface area (Å²) in [5.41, 5.74) is 0. The fourth-order valence-electron chi connectivity index (χ4n) is 1.86. The summed E-state index contributed by atoms with van der Waals surface area (Å²) in [7, 11) is 0. The highest BCUT2D eigenvalue weighted by Gasteiger charge is 2.12. The molecule has 0 bridgehead atoms. The molecule has 0 spiro atoms. The van der Waals surface area contributed by atoms with Crippen molar-refractivity contribution in [2.75, 3.05) is 19.6 Å². The van der Waals surface area contributed by atoms with Crippen molar-refractivity contribution in [1.29, 1.82) is 0 Å². The van der Waals surface area contributed by atoms with Crippen LogP contribution in [0.25, 0.3) is 0 Å². The number of hydrogen-bond donors (Lipinski definition) is 3. The van der Waals surface area contributed by atoms with Gasteiger partial charge in [-0.3, -0.25) is 4.79 Å². The Bertz CT molecular complexity index is 202. The highest BCUT2D eigenvalue weighted by atomic mass is 16.1. The predicted molar refractivity (Wildman–Crippen MR) is 66.4 cm³/mol. The molecule has 0 saturated carbocycles. The van der Waals surface area contributed by atoms with Gasteiger partial charge in [0, 0.05) is 25.0 Å². The number of nitrogens with one attached hydrogen (secondary N) is 3. The first-order chi connectivity index (χ1) is 7.72. The van der Waals surface area contributed by atoms with Crippen LogP contribution in [0.2, 0.25) is 0 Å². The van der Waals surface area contributed by atoms with Gasteiger partial charge in [0.2, 0.25) is 5.91 Å². The van der Waals surface area contributed by atoms with Crippen LogP contribution in [0.1, 0.15) is 39.5 Å². The van der Waals surface area contributed by atoms with Crippen LogP contribution in [0.3, 0.4) is 0 Å². The lowest BCUT2D eigenvalue weighted by molar-refractivity contribution is -0.121. The van der Waals surface area contributed by atoms with Crippen molar-refractivity contribution in [2.45, 2.75) is 51.6 Å². The van der Waals surface area contributed by atoms with Crippen molar-refractivity contribution in [3.63, 3.8) is 0 Å². The molecule has 1 aliphatic rings. The van der Waals surface area contributed by atoms with E-state index in [-0.39, 0.29) is 5.91 Å². The number of carbonyl (C=O) groups excluding carboxylic acids is 1. The monoisotopic (exact) mass is 227 g/mol. The summed E-state index contributed by atoms with van der Waals surface area (Å²) in [6.45, 7) is 7.11. The topological polar surface area (TPSA) is 53.2 Å². The maximum Gasteiger partial charge on any atom is 0.221 e. The van der Waals surface area contributed by atoms with Crippen molar-refractivity contribution in [3.8, 4) is 0 Å². The third-order valence-corrected chi connectivity index (χ3v) is 3.14. The highest BCUT2D eigenvalue weighted by molar-refractivity contribution is 5.76. The summed E-state index contributed by atoms with van der Waals surface area (Å²) >= 11 is 0. The van der Waals surface area contributed by atoms with E-state index in [4.69, 9.17) is 0 Å². The van der Waals surface area contributed by atoms with E-state index < -0.39 is 0 Å². The van der Waals surface area contributed by atoms with E-state index >= 15 is 0 Å². The average molecular weight is 227 g/mol. The van der Waals surface area contributed by atoms with Crippen LogP contribution in [0.5, 0.6) is 0 Å². The van der Waals surface area contributed by atoms with Crippen LogP contribution in [0.4, 0.5) is 0 Å². The summed E-state index contributed by atoms with van der Waals surface area (Å²) in [6, 6.07) is 0.893. The summed E-state index contributed by atoms with van der Waals surface area (Å²) in [5, 5.41) is 9.75. The van der Waals surface area contributed by atoms with Crippen LogP contribution in [-0.2, 0) is 4.79 Å². The number of rotatable bonds is 6. The Kier molecular flexibility index (Phi) is 6.42. The standard InChI is InChI=1S/C12H25N3O/c1-3-10(2)15-12(16)6-9-14-11-4-7-13-8-5-11/h10-11,13-14H,3-9H2,1-2H3,(H,15,16). The fourth-order valence-corrected chi connectivity index (χ4v) is 1.86. The van der Waals surface area contributed by atoms with Gasteiger partial charge in [-0.2, -0.15) is 0 Å². The smallest absolute Gasteiger partial charge is 0.221 e. The molecule has 0 aromatic carbocycles. The third-order valence-electron chi connectivity index (χ3n) is 3.14. The maximum absolute atomic E-state index is 11.5. The van der Waals surface area contributed by atoms with Crippen LogP contribution in [0, 0.1) is 0 Å². The molecule has 0 aromatic heterocycles. The van der Waals surface area contributed by atoms with Gasteiger partial charge in [-0.15, -0.1) is 0 Å². The van der Waals surface area contributed by atoms with E-state index in [1.54, 1.807) is 0 Å². The predicted octanol–water partition coefficient (Wildman–Crippen LogP) is 0.633. The zero-order chi connectivity index (χ0) is 11.8. The molecule has 94 valence electrons. The van der Waals surface area contributed by atoms with Crippen LogP contribution >= 0.6 is 0 Å². The molecule has 1 heterocycles. The molecule has 4 nitrogen and oxygen atoms in total. The summed E-state index contributed by atoms with van der Waals surface area (Å²) in [4.78, 5) is 11.5. The van der Waals surface area contributed by atoms with Gasteiger partial charge >= 0.3 is 0 Å². The molecule has 0 aliphatic carbocycles. The molecular formula is C12H25N3O. The minimum absolute atomic E-state index is 0.163. The summed E-state index contributed by atoms with van der Waals surface area (Å²) < 4.78 is 0. The minimum Gasteiger partial charge on any atom is -0.354 e. The molecule has 0 aromatic rings. The molecule has 16 heavy (non-hydrogen) atoms. The first kappa shape index (κ1) is 13.5. The van der Waals surface area contributed by atoms with Gasteiger partial charge in [0.1, 0.15) is 0 Å². The normalized spacial score (nSPS) is 19.4. The fraction of sp³-hybridized carbons (Fsp3) is 0.917. The van der Waals surface area contributed by atoms with Gasteiger partial charge in [0.25, 0.3) is 0 Å². The minimum atomic E-state index is 0.163. The molecule has 0 radical (unpaired) electrons. The van der Waals surface area contributed by atoms with Crippen molar-refractivity contribution in [2.24, 2.45) is 0 Å². The van der Waals surface area contributed by atoms with E-state index in [0.717, 1.165) is 26.1 Å². The van der Waals surface area contributed by atoms with E-state index in [2.05, 4.69) is 22.9 Å². The molecule has 1 unspecified atom stereocenters. The largest absolute Gasteiger partial charge is 0.354 e. The Hall–Kier alpha value is -0.610. The van der Waals surface area contributed by atoms with Crippen LogP contribution in [0.15, 0.2) is 0 Å². The van der Waals surface area contributed by atoms with Crippen molar-refractivity contribution < 1.29 is 4.79 Å². The first-order valence-electron chi connectivity index (χ1n) is 6.45. The van der Waals surface area contributed by atoms with E-state index in [9.17, 15) is 4.79 Å². The lowest BCUT2D eigenvalue weighted by atomic mass is 10.1. The molecular weight excluding hydrogens is 202 g/mol. The lowest BCUT2D eigenvalue weighted by Gasteiger charge is -2.23. The third kappa shape index (κ3) is 5.47. The number of hydrogen-bond acceptors (Lipinski definition) is 3. The Labute approximate surface area is 98.6 Å². The van der Waals surface area contributed by atoms with E-state index in [1.807, 2.05) is 6.92 Å². The Morgan fingerprint density at radius 3 is 2.75 bits per heavy atom. The molecule has 4 heteroatoms. The average Bonchev–Trinajstić information content (AvgIpc) is 2.30. The van der Waals surface area contributed by atoms with E-state index in [0.29, 0.717) is 18.5 Å². The zero-order valence-electron chi connectivity index (χ0n) is 10.5. The second-order valence-electron chi connectivity index (χ2n) is 4.61. The first-order valence-corrected chi connectivity index (χ1v) is 6.45. The molecule has 1 aliphatic heterocycles. The van der Waals surface area contributed by atoms with Crippen molar-refractivity contribution >= 4 is 5.91 Å². The molecule has 1 amide bonds. The number of piperidine rings is 1. The molecule has 3 N–H and O–H groups in total. The van der Waals surface area contributed by atoms with Crippen LogP contribution < -0.4 is 16.0 Å². The molecule has 1 saturated heterocycles. The highest BCUT2D eigenvalue weighted by Crippen LogP contribution is 2.01. The summed E-state index contributed by atoms with van der Waals surface area (Å²) in [5.74, 6) is 0.163. The van der Waals surface area contributed by atoms with Gasteiger partial charge in [0.05, 0.1) is 0 Å². The number of amides is 1. The SMILES string of the molecule is CCC(C)NC(=O)CCNC1CCNCC1. The van der Waals surface area contributed by atoms with E-state index in [1.165, 1.54) is 12.8 Å². The quantitative estimate of drug-likeness (QED) is 0.624.